The quantitative estimate of drug-likeness (QED) is 0.125. The predicted octanol–water partition coefficient (Wildman–Crippen LogP) is 2.05. The molecule has 3 saturated heterocycles. The van der Waals surface area contributed by atoms with Crippen LogP contribution in [0.5, 0.6) is 0 Å². The van der Waals surface area contributed by atoms with Crippen molar-refractivity contribution in [3.8, 4) is 0 Å². The van der Waals surface area contributed by atoms with E-state index in [1.807, 2.05) is 25.9 Å². The SMILES string of the molecule is CC[C@H]1OC(=O)[C@H](C)C(OC2CC(C)(OC)C(O)C(C)O2)[C@H](C)C(OC2OC(C)CC(N(C)C)C2O)[C@](C)(O)C[C@@H](C)/C(=N\O)[C@H](C)C(O)[C@]1(C)O. The Morgan fingerprint density at radius 1 is 0.923 bits per heavy atom. The molecule has 11 unspecified atom stereocenters. The summed E-state index contributed by atoms with van der Waals surface area (Å²) >= 11 is 0. The van der Waals surface area contributed by atoms with Crippen LogP contribution in [-0.4, -0.2) is 153 Å². The normalized spacial score (nSPS) is 49.8. The van der Waals surface area contributed by atoms with Gasteiger partial charge in [-0.1, -0.05) is 32.9 Å². The first-order chi connectivity index (χ1) is 24.0. The molecule has 3 aliphatic rings. The van der Waals surface area contributed by atoms with Crippen LogP contribution in [-0.2, 0) is 33.2 Å². The molecular formula is C37H68N2O13. The topological polar surface area (TPSA) is 209 Å². The molecule has 0 bridgehead atoms. The summed E-state index contributed by atoms with van der Waals surface area (Å²) in [6.07, 6.45) is -9.51. The molecule has 6 N–H and O–H groups in total. The maximum absolute atomic E-state index is 14.1. The summed E-state index contributed by atoms with van der Waals surface area (Å²) in [7, 11) is 5.19. The Balaban J connectivity index is 2.21. The van der Waals surface area contributed by atoms with Gasteiger partial charge in [-0.05, 0) is 74.9 Å². The van der Waals surface area contributed by atoms with Gasteiger partial charge in [0.05, 0.1) is 53.4 Å². The molecule has 0 aromatic heterocycles. The summed E-state index contributed by atoms with van der Waals surface area (Å²) in [6, 6.07) is -0.322. The van der Waals surface area contributed by atoms with Gasteiger partial charge < -0.3 is 64.1 Å². The number of hydrogen-bond donors (Lipinski definition) is 6. The first-order valence-electron chi connectivity index (χ1n) is 18.7. The van der Waals surface area contributed by atoms with Gasteiger partial charge >= 0.3 is 5.97 Å². The standard InChI is InChI=1S/C37H68N2O13/c1-14-25-37(10,45)30(41)20(4)27(38-46)18(2)16-35(8,44)32(52-34-28(40)24(39(11)12)15-19(3)48-34)21(5)29(22(6)33(43)50-25)51-26-17-36(9,47-13)31(42)23(7)49-26/h18-26,28-32,34,40-42,44-46H,14-17H2,1-13H3/b38-27+/t18-,19?,20+,21+,22-,23?,24?,25-,26?,28?,29?,30?,31?,32?,34?,35-,36?,37-/m1/s1. The van der Waals surface area contributed by atoms with E-state index >= 15 is 0 Å². The van der Waals surface area contributed by atoms with Gasteiger partial charge in [-0.3, -0.25) is 4.79 Å². The number of ether oxygens (including phenoxy) is 6. The molecule has 0 aromatic rings. The van der Waals surface area contributed by atoms with E-state index in [-0.39, 0.29) is 37.1 Å². The number of aliphatic hydroxyl groups excluding tert-OH is 3. The fourth-order valence-corrected chi connectivity index (χ4v) is 8.61. The number of hydrogen-bond acceptors (Lipinski definition) is 15. The molecule has 3 heterocycles. The lowest BCUT2D eigenvalue weighted by molar-refractivity contribution is -0.317. The Bertz CT molecular complexity index is 1200. The average molecular weight is 749 g/mol. The largest absolute Gasteiger partial charge is 0.459 e. The number of likely N-dealkylation sites (N-methyl/N-ethyl adjacent to an activating group) is 1. The van der Waals surface area contributed by atoms with Crippen LogP contribution in [0.4, 0.5) is 0 Å². The van der Waals surface area contributed by atoms with Gasteiger partial charge in [-0.15, -0.1) is 0 Å². The van der Waals surface area contributed by atoms with Gasteiger partial charge in [0, 0.05) is 37.3 Å². The second kappa shape index (κ2) is 17.5. The molecule has 0 saturated carbocycles. The zero-order chi connectivity index (χ0) is 39.7. The molecule has 3 fully saturated rings. The second-order valence-corrected chi connectivity index (χ2v) is 16.6. The van der Waals surface area contributed by atoms with E-state index in [1.54, 1.807) is 55.4 Å². The number of methoxy groups -OCH3 is 1. The highest BCUT2D eigenvalue weighted by atomic mass is 16.7. The lowest BCUT2D eigenvalue weighted by atomic mass is 9.73. The molecule has 3 rings (SSSR count). The van der Waals surface area contributed by atoms with Crippen molar-refractivity contribution in [2.45, 2.75) is 179 Å². The van der Waals surface area contributed by atoms with Crippen LogP contribution in [0.1, 0.15) is 94.9 Å². The molecule has 0 aliphatic carbocycles. The predicted molar refractivity (Wildman–Crippen MR) is 190 cm³/mol. The molecule has 3 aliphatic heterocycles. The summed E-state index contributed by atoms with van der Waals surface area (Å²) in [5, 5.41) is 71.8. The highest BCUT2D eigenvalue weighted by Crippen LogP contribution is 2.41. The summed E-state index contributed by atoms with van der Waals surface area (Å²) in [5.74, 6) is -4.24. The van der Waals surface area contributed by atoms with Crippen molar-refractivity contribution >= 4 is 11.7 Å². The third-order valence-electron chi connectivity index (χ3n) is 12.0. The Labute approximate surface area is 309 Å². The molecule has 0 amide bonds. The lowest BCUT2D eigenvalue weighted by Crippen LogP contribution is -2.61. The molecule has 0 spiro atoms. The summed E-state index contributed by atoms with van der Waals surface area (Å²) in [6.45, 7) is 16.6. The number of aliphatic hydroxyl groups is 5. The number of cyclic esters (lactones) is 1. The van der Waals surface area contributed by atoms with E-state index in [0.717, 1.165) is 0 Å². The van der Waals surface area contributed by atoms with Gasteiger partial charge in [0.1, 0.15) is 23.9 Å². The van der Waals surface area contributed by atoms with Crippen LogP contribution in [0.15, 0.2) is 5.16 Å². The second-order valence-electron chi connectivity index (χ2n) is 16.6. The van der Waals surface area contributed by atoms with E-state index in [4.69, 9.17) is 28.4 Å². The molecule has 0 aromatic carbocycles. The number of esters is 1. The monoisotopic (exact) mass is 748 g/mol. The van der Waals surface area contributed by atoms with Crippen LogP contribution in [0.25, 0.3) is 0 Å². The maximum atomic E-state index is 14.1. The molecule has 0 radical (unpaired) electrons. The van der Waals surface area contributed by atoms with Gasteiger partial charge in [0.2, 0.25) is 0 Å². The fourth-order valence-electron chi connectivity index (χ4n) is 8.61. The van der Waals surface area contributed by atoms with Crippen molar-refractivity contribution in [3.63, 3.8) is 0 Å². The van der Waals surface area contributed by atoms with Crippen LogP contribution in [0.3, 0.4) is 0 Å². The third-order valence-corrected chi connectivity index (χ3v) is 12.0. The van der Waals surface area contributed by atoms with Crippen molar-refractivity contribution in [3.05, 3.63) is 0 Å². The van der Waals surface area contributed by atoms with Crippen molar-refractivity contribution in [2.75, 3.05) is 21.2 Å². The zero-order valence-corrected chi connectivity index (χ0v) is 33.4. The number of nitrogens with zero attached hydrogens (tertiary/aromatic N) is 2. The van der Waals surface area contributed by atoms with Gasteiger partial charge in [0.15, 0.2) is 12.6 Å². The number of rotatable bonds is 7. The Morgan fingerprint density at radius 2 is 1.54 bits per heavy atom. The van der Waals surface area contributed by atoms with Gasteiger partial charge in [0.25, 0.3) is 0 Å². The summed E-state index contributed by atoms with van der Waals surface area (Å²) < 4.78 is 37.2. The molecule has 18 atom stereocenters. The zero-order valence-electron chi connectivity index (χ0n) is 33.4. The first kappa shape index (κ1) is 44.9. The summed E-state index contributed by atoms with van der Waals surface area (Å²) in [5.41, 5.74) is -4.68. The Morgan fingerprint density at radius 3 is 2.08 bits per heavy atom. The molecule has 52 heavy (non-hydrogen) atoms. The fraction of sp³-hybridized carbons (Fsp3) is 0.946. The highest BCUT2D eigenvalue weighted by Gasteiger charge is 2.53. The Kier molecular flexibility index (Phi) is 15.1. The molecule has 304 valence electrons. The molecular weight excluding hydrogens is 680 g/mol. The highest BCUT2D eigenvalue weighted by molar-refractivity contribution is 5.88. The number of carbonyl (C=O) groups is 1. The maximum Gasteiger partial charge on any atom is 0.311 e. The van der Waals surface area contributed by atoms with E-state index < -0.39 is 102 Å². The average Bonchev–Trinajstić information content (AvgIpc) is 3.06. The minimum Gasteiger partial charge on any atom is -0.459 e. The van der Waals surface area contributed by atoms with Crippen LogP contribution < -0.4 is 0 Å². The van der Waals surface area contributed by atoms with Crippen molar-refractivity contribution in [1.29, 1.82) is 0 Å². The lowest BCUT2D eigenvalue weighted by Gasteiger charge is -2.49. The minimum atomic E-state index is -1.97. The van der Waals surface area contributed by atoms with Crippen molar-refractivity contribution < 1.29 is 64.0 Å². The van der Waals surface area contributed by atoms with E-state index in [9.17, 15) is 35.5 Å². The first-order valence-corrected chi connectivity index (χ1v) is 18.7. The van der Waals surface area contributed by atoms with Gasteiger partial charge in [-0.2, -0.15) is 0 Å². The third kappa shape index (κ3) is 9.47. The smallest absolute Gasteiger partial charge is 0.311 e. The van der Waals surface area contributed by atoms with Crippen LogP contribution in [0.2, 0.25) is 0 Å². The molecule has 15 nitrogen and oxygen atoms in total. The summed E-state index contributed by atoms with van der Waals surface area (Å²) in [4.78, 5) is 16.0. The van der Waals surface area contributed by atoms with Crippen molar-refractivity contribution in [2.24, 2.45) is 28.8 Å². The van der Waals surface area contributed by atoms with E-state index in [1.165, 1.54) is 14.0 Å². The van der Waals surface area contributed by atoms with Gasteiger partial charge in [-0.25, -0.2) is 0 Å². The van der Waals surface area contributed by atoms with Crippen molar-refractivity contribution in [1.82, 2.24) is 4.90 Å². The van der Waals surface area contributed by atoms with Crippen LogP contribution >= 0.6 is 0 Å². The van der Waals surface area contributed by atoms with Crippen LogP contribution in [0, 0.1) is 23.7 Å². The number of oxime groups is 1. The van der Waals surface area contributed by atoms with E-state index in [0.29, 0.717) is 6.42 Å². The Hall–Kier alpha value is -1.50. The van der Waals surface area contributed by atoms with E-state index in [2.05, 4.69) is 5.16 Å². The minimum absolute atomic E-state index is 0.0657. The number of carbonyl (C=O) groups excluding carboxylic acids is 1. The molecule has 15 heteroatoms.